The standard InChI is InChI=1S/C22H31N3O2/c1-22(2,3)20-17(11-19(27-20)21(23)26)12-24(4)14-18-10-15-8-6-7-9-16(15)13-25(18)5/h6-9,11,18H,10,12-14H2,1-5H3,(H2,23,26)/t18-/m1/s1. The van der Waals surface area contributed by atoms with E-state index in [1.165, 1.54) is 11.1 Å². The van der Waals surface area contributed by atoms with Gasteiger partial charge in [0.2, 0.25) is 0 Å². The van der Waals surface area contributed by atoms with Gasteiger partial charge in [0.25, 0.3) is 5.91 Å². The van der Waals surface area contributed by atoms with E-state index in [4.69, 9.17) is 10.2 Å². The summed E-state index contributed by atoms with van der Waals surface area (Å²) in [5, 5.41) is 0. The molecule has 1 aromatic carbocycles. The number of rotatable bonds is 5. The fourth-order valence-electron chi connectivity index (χ4n) is 3.94. The van der Waals surface area contributed by atoms with E-state index in [1.807, 2.05) is 0 Å². The molecule has 0 saturated carbocycles. The lowest BCUT2D eigenvalue weighted by atomic mass is 9.90. The first-order chi connectivity index (χ1) is 12.6. The van der Waals surface area contributed by atoms with E-state index >= 15 is 0 Å². The first kappa shape index (κ1) is 19.6. The summed E-state index contributed by atoms with van der Waals surface area (Å²) in [6, 6.07) is 11.0. The zero-order chi connectivity index (χ0) is 19.8. The Balaban J connectivity index is 1.73. The quantitative estimate of drug-likeness (QED) is 0.879. The molecule has 0 unspecified atom stereocenters. The maximum absolute atomic E-state index is 11.6. The van der Waals surface area contributed by atoms with Crippen molar-refractivity contribution in [1.82, 2.24) is 9.80 Å². The van der Waals surface area contributed by atoms with Gasteiger partial charge < -0.3 is 15.1 Å². The van der Waals surface area contributed by atoms with Gasteiger partial charge in [-0.1, -0.05) is 45.0 Å². The lowest BCUT2D eigenvalue weighted by Gasteiger charge is -2.36. The van der Waals surface area contributed by atoms with Crippen LogP contribution < -0.4 is 5.73 Å². The van der Waals surface area contributed by atoms with Crippen LogP contribution in [0.25, 0.3) is 0 Å². The van der Waals surface area contributed by atoms with E-state index in [0.29, 0.717) is 6.04 Å². The lowest BCUT2D eigenvalue weighted by molar-refractivity contribution is 0.0970. The molecule has 5 heteroatoms. The summed E-state index contributed by atoms with van der Waals surface area (Å²) in [4.78, 5) is 16.3. The molecule has 146 valence electrons. The minimum Gasteiger partial charge on any atom is -0.455 e. The van der Waals surface area contributed by atoms with Crippen LogP contribution in [0.15, 0.2) is 34.7 Å². The maximum atomic E-state index is 11.6. The minimum absolute atomic E-state index is 0.176. The van der Waals surface area contributed by atoms with Gasteiger partial charge in [-0.25, -0.2) is 0 Å². The predicted molar refractivity (Wildman–Crippen MR) is 108 cm³/mol. The van der Waals surface area contributed by atoms with Crippen molar-refractivity contribution >= 4 is 5.91 Å². The monoisotopic (exact) mass is 369 g/mol. The van der Waals surface area contributed by atoms with Gasteiger partial charge in [-0.15, -0.1) is 0 Å². The second-order valence-electron chi connectivity index (χ2n) is 8.82. The van der Waals surface area contributed by atoms with Crippen molar-refractivity contribution in [3.63, 3.8) is 0 Å². The van der Waals surface area contributed by atoms with E-state index < -0.39 is 5.91 Å². The van der Waals surface area contributed by atoms with Crippen molar-refractivity contribution in [2.24, 2.45) is 5.73 Å². The second-order valence-corrected chi connectivity index (χ2v) is 8.82. The average molecular weight is 370 g/mol. The van der Waals surface area contributed by atoms with Crippen LogP contribution in [-0.4, -0.2) is 42.4 Å². The summed E-state index contributed by atoms with van der Waals surface area (Å²) in [5.74, 6) is 0.565. The number of nitrogens with zero attached hydrogens (tertiary/aromatic N) is 2. The van der Waals surface area contributed by atoms with Crippen molar-refractivity contribution in [1.29, 1.82) is 0 Å². The number of benzene rings is 1. The summed E-state index contributed by atoms with van der Waals surface area (Å²) in [5.41, 5.74) is 9.17. The molecule has 0 radical (unpaired) electrons. The van der Waals surface area contributed by atoms with Crippen molar-refractivity contribution in [3.05, 3.63) is 58.5 Å². The van der Waals surface area contributed by atoms with Crippen LogP contribution in [0.2, 0.25) is 0 Å². The first-order valence-electron chi connectivity index (χ1n) is 9.53. The summed E-state index contributed by atoms with van der Waals surface area (Å²) in [6.45, 7) is 8.93. The van der Waals surface area contributed by atoms with Gasteiger partial charge in [-0.05, 0) is 37.7 Å². The van der Waals surface area contributed by atoms with Gasteiger partial charge in [-0.2, -0.15) is 0 Å². The van der Waals surface area contributed by atoms with Crippen molar-refractivity contribution in [2.75, 3.05) is 20.6 Å². The molecule has 27 heavy (non-hydrogen) atoms. The van der Waals surface area contributed by atoms with Crippen molar-refractivity contribution < 1.29 is 9.21 Å². The summed E-state index contributed by atoms with van der Waals surface area (Å²) in [7, 11) is 4.32. The molecule has 0 bridgehead atoms. The van der Waals surface area contributed by atoms with Gasteiger partial charge >= 0.3 is 0 Å². The SMILES string of the molecule is CN(Cc1cc(C(N)=O)oc1C(C)(C)C)C[C@H]1Cc2ccccc2CN1C. The maximum Gasteiger partial charge on any atom is 0.284 e. The number of carbonyl (C=O) groups is 1. The van der Waals surface area contributed by atoms with E-state index in [9.17, 15) is 4.79 Å². The molecule has 1 aromatic heterocycles. The minimum atomic E-state index is -0.516. The van der Waals surface area contributed by atoms with Crippen molar-refractivity contribution in [2.45, 2.75) is 51.7 Å². The molecule has 0 aliphatic carbocycles. The van der Waals surface area contributed by atoms with E-state index in [-0.39, 0.29) is 11.2 Å². The van der Waals surface area contributed by atoms with E-state index in [1.54, 1.807) is 6.07 Å². The molecule has 2 aromatic rings. The Morgan fingerprint density at radius 1 is 1.30 bits per heavy atom. The average Bonchev–Trinajstić information content (AvgIpc) is 3.00. The Morgan fingerprint density at radius 2 is 1.96 bits per heavy atom. The van der Waals surface area contributed by atoms with Crippen LogP contribution in [0, 0.1) is 0 Å². The molecule has 1 amide bonds. The third-order valence-corrected chi connectivity index (χ3v) is 5.31. The van der Waals surface area contributed by atoms with Crippen LogP contribution in [0.5, 0.6) is 0 Å². The molecule has 0 spiro atoms. The molecule has 0 fully saturated rings. The highest BCUT2D eigenvalue weighted by atomic mass is 16.4. The smallest absolute Gasteiger partial charge is 0.284 e. The topological polar surface area (TPSA) is 62.7 Å². The fraction of sp³-hybridized carbons (Fsp3) is 0.500. The highest BCUT2D eigenvalue weighted by Crippen LogP contribution is 2.30. The third-order valence-electron chi connectivity index (χ3n) is 5.31. The molecule has 2 N–H and O–H groups in total. The Kier molecular flexibility index (Phi) is 5.45. The molecule has 1 aliphatic rings. The largest absolute Gasteiger partial charge is 0.455 e. The number of likely N-dealkylation sites (N-methyl/N-ethyl adjacent to an activating group) is 2. The number of hydrogen-bond acceptors (Lipinski definition) is 4. The van der Waals surface area contributed by atoms with Crippen LogP contribution in [0.4, 0.5) is 0 Å². The third kappa shape index (κ3) is 4.42. The molecule has 1 aliphatic heterocycles. The molecule has 5 nitrogen and oxygen atoms in total. The van der Waals surface area contributed by atoms with Crippen LogP contribution in [0.3, 0.4) is 0 Å². The zero-order valence-electron chi connectivity index (χ0n) is 17.1. The normalized spacial score (nSPS) is 17.9. The van der Waals surface area contributed by atoms with E-state index in [2.05, 4.69) is 68.9 Å². The number of fused-ring (bicyclic) bond motifs is 1. The zero-order valence-corrected chi connectivity index (χ0v) is 17.1. The lowest BCUT2D eigenvalue weighted by Crippen LogP contribution is -2.44. The highest BCUT2D eigenvalue weighted by Gasteiger charge is 2.28. The van der Waals surface area contributed by atoms with E-state index in [0.717, 1.165) is 37.4 Å². The van der Waals surface area contributed by atoms with Gasteiger partial charge in [-0.3, -0.25) is 9.69 Å². The number of primary amides is 1. The molecule has 1 atom stereocenters. The Hall–Kier alpha value is -2.11. The predicted octanol–water partition coefficient (Wildman–Crippen LogP) is 3.16. The molecule has 0 saturated heterocycles. The van der Waals surface area contributed by atoms with Crippen molar-refractivity contribution in [3.8, 4) is 0 Å². The van der Waals surface area contributed by atoms with Crippen LogP contribution in [0.1, 0.15) is 53.8 Å². The summed E-state index contributed by atoms with van der Waals surface area (Å²) < 4.78 is 5.79. The Labute approximate surface area is 162 Å². The summed E-state index contributed by atoms with van der Waals surface area (Å²) in [6.07, 6.45) is 1.06. The molecule has 2 heterocycles. The molecule has 3 rings (SSSR count). The Morgan fingerprint density at radius 3 is 2.59 bits per heavy atom. The van der Waals surface area contributed by atoms with Gasteiger partial charge in [0.05, 0.1) is 0 Å². The van der Waals surface area contributed by atoms with Gasteiger partial charge in [0, 0.05) is 36.7 Å². The molecular formula is C22H31N3O2. The number of amides is 1. The number of hydrogen-bond donors (Lipinski definition) is 1. The van der Waals surface area contributed by atoms with Crippen LogP contribution >= 0.6 is 0 Å². The molecular weight excluding hydrogens is 338 g/mol. The number of carbonyl (C=O) groups excluding carboxylic acids is 1. The Bertz CT molecular complexity index is 819. The fourth-order valence-corrected chi connectivity index (χ4v) is 3.94. The summed E-state index contributed by atoms with van der Waals surface area (Å²) >= 11 is 0. The van der Waals surface area contributed by atoms with Crippen LogP contribution in [-0.2, 0) is 24.9 Å². The second kappa shape index (κ2) is 7.49. The number of furan rings is 1. The van der Waals surface area contributed by atoms with Gasteiger partial charge in [0.1, 0.15) is 5.76 Å². The van der Waals surface area contributed by atoms with Gasteiger partial charge in [0.15, 0.2) is 5.76 Å². The number of nitrogens with two attached hydrogens (primary N) is 1. The highest BCUT2D eigenvalue weighted by molar-refractivity contribution is 5.90. The first-order valence-corrected chi connectivity index (χ1v) is 9.53.